The zero-order chi connectivity index (χ0) is 17.2. The van der Waals surface area contributed by atoms with E-state index >= 15 is 0 Å². The van der Waals surface area contributed by atoms with Crippen LogP contribution in [0, 0.1) is 12.3 Å². The summed E-state index contributed by atoms with van der Waals surface area (Å²) in [6.07, 6.45) is 7.43. The van der Waals surface area contributed by atoms with Crippen LogP contribution >= 0.6 is 0 Å². The molecule has 1 aliphatic heterocycles. The standard InChI is InChI=1S/C18H25N5O/c1-3-10-20-17(19-4-2)21-14-15-8-7-9-16(13-15)22-18(24)23-11-5-6-12-23/h1,7-9,13H,4-6,10-12,14H2,2H3,(H,22,24)(H2,19,20,21). The van der Waals surface area contributed by atoms with E-state index in [1.807, 2.05) is 36.1 Å². The maximum atomic E-state index is 12.1. The SMILES string of the molecule is C#CCNC(=NCc1cccc(NC(=O)N2CCCC2)c1)NCC. The minimum absolute atomic E-state index is 0.0304. The Bertz CT molecular complexity index is 614. The Hall–Kier alpha value is -2.68. The predicted octanol–water partition coefficient (Wildman–Crippen LogP) is 2.00. The molecular weight excluding hydrogens is 302 g/mol. The third-order valence-corrected chi connectivity index (χ3v) is 3.69. The fourth-order valence-corrected chi connectivity index (χ4v) is 2.52. The van der Waals surface area contributed by atoms with Gasteiger partial charge in [0.2, 0.25) is 0 Å². The average Bonchev–Trinajstić information content (AvgIpc) is 3.12. The van der Waals surface area contributed by atoms with Gasteiger partial charge in [0.1, 0.15) is 0 Å². The molecular formula is C18H25N5O. The molecule has 0 bridgehead atoms. The van der Waals surface area contributed by atoms with E-state index in [9.17, 15) is 4.79 Å². The number of carbonyl (C=O) groups is 1. The first-order valence-corrected chi connectivity index (χ1v) is 8.33. The summed E-state index contributed by atoms with van der Waals surface area (Å²) in [5, 5.41) is 9.14. The molecule has 2 amide bonds. The monoisotopic (exact) mass is 327 g/mol. The second-order valence-electron chi connectivity index (χ2n) is 5.58. The minimum Gasteiger partial charge on any atom is -0.357 e. The second kappa shape index (κ2) is 9.46. The lowest BCUT2D eigenvalue weighted by molar-refractivity contribution is 0.222. The van der Waals surface area contributed by atoms with Crippen molar-refractivity contribution in [1.82, 2.24) is 15.5 Å². The van der Waals surface area contributed by atoms with Gasteiger partial charge in [-0.1, -0.05) is 18.1 Å². The summed E-state index contributed by atoms with van der Waals surface area (Å²) in [7, 11) is 0. The molecule has 1 aliphatic rings. The Labute approximate surface area is 143 Å². The van der Waals surface area contributed by atoms with Gasteiger partial charge in [-0.05, 0) is 37.5 Å². The van der Waals surface area contributed by atoms with Crippen molar-refractivity contribution in [3.8, 4) is 12.3 Å². The van der Waals surface area contributed by atoms with Crippen LogP contribution < -0.4 is 16.0 Å². The van der Waals surface area contributed by atoms with Crippen molar-refractivity contribution < 1.29 is 4.79 Å². The number of likely N-dealkylation sites (tertiary alicyclic amines) is 1. The van der Waals surface area contributed by atoms with E-state index in [0.29, 0.717) is 19.0 Å². The molecule has 6 heteroatoms. The fourth-order valence-electron chi connectivity index (χ4n) is 2.52. The highest BCUT2D eigenvalue weighted by atomic mass is 16.2. The van der Waals surface area contributed by atoms with Crippen molar-refractivity contribution >= 4 is 17.7 Å². The number of nitrogens with one attached hydrogen (secondary N) is 3. The molecule has 2 rings (SSSR count). The van der Waals surface area contributed by atoms with Crippen LogP contribution in [0.25, 0.3) is 0 Å². The average molecular weight is 327 g/mol. The Morgan fingerprint density at radius 3 is 2.83 bits per heavy atom. The van der Waals surface area contributed by atoms with E-state index in [1.54, 1.807) is 0 Å². The van der Waals surface area contributed by atoms with E-state index in [4.69, 9.17) is 6.42 Å². The smallest absolute Gasteiger partial charge is 0.321 e. The molecule has 6 nitrogen and oxygen atoms in total. The number of urea groups is 1. The highest BCUT2D eigenvalue weighted by Gasteiger charge is 2.17. The molecule has 128 valence electrons. The number of carbonyl (C=O) groups excluding carboxylic acids is 1. The highest BCUT2D eigenvalue weighted by molar-refractivity contribution is 5.89. The van der Waals surface area contributed by atoms with Crippen molar-refractivity contribution in [1.29, 1.82) is 0 Å². The molecule has 1 aromatic carbocycles. The number of anilines is 1. The molecule has 1 saturated heterocycles. The number of hydrogen-bond acceptors (Lipinski definition) is 2. The second-order valence-corrected chi connectivity index (χ2v) is 5.58. The number of guanidine groups is 1. The van der Waals surface area contributed by atoms with Gasteiger partial charge >= 0.3 is 6.03 Å². The summed E-state index contributed by atoms with van der Waals surface area (Å²) < 4.78 is 0. The van der Waals surface area contributed by atoms with Crippen LogP contribution in [0.2, 0.25) is 0 Å². The summed E-state index contributed by atoms with van der Waals surface area (Å²) in [5.41, 5.74) is 1.81. The zero-order valence-electron chi connectivity index (χ0n) is 14.1. The summed E-state index contributed by atoms with van der Waals surface area (Å²) in [6, 6.07) is 7.72. The topological polar surface area (TPSA) is 68.8 Å². The van der Waals surface area contributed by atoms with Crippen molar-refractivity contribution in [3.05, 3.63) is 29.8 Å². The van der Waals surface area contributed by atoms with Crippen LogP contribution in [0.15, 0.2) is 29.3 Å². The number of nitrogens with zero attached hydrogens (tertiary/aromatic N) is 2. The summed E-state index contributed by atoms with van der Waals surface area (Å²) in [6.45, 7) is 5.38. The first-order valence-electron chi connectivity index (χ1n) is 8.33. The fraction of sp³-hybridized carbons (Fsp3) is 0.444. The van der Waals surface area contributed by atoms with Gasteiger partial charge in [0.15, 0.2) is 5.96 Å². The third kappa shape index (κ3) is 5.51. The molecule has 24 heavy (non-hydrogen) atoms. The highest BCUT2D eigenvalue weighted by Crippen LogP contribution is 2.14. The predicted molar refractivity (Wildman–Crippen MR) is 97.9 cm³/mol. The van der Waals surface area contributed by atoms with Crippen LogP contribution in [0.4, 0.5) is 10.5 Å². The van der Waals surface area contributed by atoms with Gasteiger partial charge in [0.25, 0.3) is 0 Å². The molecule has 0 spiro atoms. The zero-order valence-corrected chi connectivity index (χ0v) is 14.1. The van der Waals surface area contributed by atoms with Gasteiger partial charge in [-0.2, -0.15) is 0 Å². The van der Waals surface area contributed by atoms with Crippen molar-refractivity contribution in [2.24, 2.45) is 4.99 Å². The molecule has 0 radical (unpaired) electrons. The Balaban J connectivity index is 1.96. The Kier molecular flexibility index (Phi) is 6.96. The van der Waals surface area contributed by atoms with Crippen molar-refractivity contribution in [2.75, 3.05) is 31.5 Å². The van der Waals surface area contributed by atoms with Crippen molar-refractivity contribution in [3.63, 3.8) is 0 Å². The van der Waals surface area contributed by atoms with Crippen LogP contribution in [-0.2, 0) is 6.54 Å². The summed E-state index contributed by atoms with van der Waals surface area (Å²) >= 11 is 0. The molecule has 1 heterocycles. The summed E-state index contributed by atoms with van der Waals surface area (Å²) in [5.74, 6) is 3.21. The number of amides is 2. The number of rotatable bonds is 5. The first kappa shape index (κ1) is 17.7. The third-order valence-electron chi connectivity index (χ3n) is 3.69. The normalized spacial score (nSPS) is 14.2. The maximum Gasteiger partial charge on any atom is 0.321 e. The van der Waals surface area contributed by atoms with Crippen LogP contribution in [0.5, 0.6) is 0 Å². The minimum atomic E-state index is -0.0304. The summed E-state index contributed by atoms with van der Waals surface area (Å²) in [4.78, 5) is 18.5. The number of aliphatic imine (C=N–C) groups is 1. The molecule has 0 atom stereocenters. The van der Waals surface area contributed by atoms with E-state index in [1.165, 1.54) is 0 Å². The van der Waals surface area contributed by atoms with Gasteiger partial charge in [-0.25, -0.2) is 9.79 Å². The van der Waals surface area contributed by atoms with E-state index < -0.39 is 0 Å². The van der Waals surface area contributed by atoms with Crippen LogP contribution in [-0.4, -0.2) is 43.1 Å². The van der Waals surface area contributed by atoms with Gasteiger partial charge in [0, 0.05) is 25.3 Å². The molecule has 0 unspecified atom stereocenters. The quantitative estimate of drug-likeness (QED) is 0.440. The number of terminal acetylenes is 1. The Morgan fingerprint density at radius 2 is 2.12 bits per heavy atom. The van der Waals surface area contributed by atoms with Crippen LogP contribution in [0.3, 0.4) is 0 Å². The van der Waals surface area contributed by atoms with Gasteiger partial charge in [0.05, 0.1) is 13.1 Å². The molecule has 0 aromatic heterocycles. The molecule has 1 aromatic rings. The molecule has 0 saturated carbocycles. The van der Waals surface area contributed by atoms with Gasteiger partial charge in [-0.15, -0.1) is 6.42 Å². The number of hydrogen-bond donors (Lipinski definition) is 3. The lowest BCUT2D eigenvalue weighted by Crippen LogP contribution is -2.37. The van der Waals surface area contributed by atoms with E-state index in [-0.39, 0.29) is 6.03 Å². The maximum absolute atomic E-state index is 12.1. The number of benzene rings is 1. The lowest BCUT2D eigenvalue weighted by atomic mass is 10.2. The van der Waals surface area contributed by atoms with E-state index in [0.717, 1.165) is 43.7 Å². The Morgan fingerprint density at radius 1 is 1.33 bits per heavy atom. The molecule has 0 aliphatic carbocycles. The van der Waals surface area contributed by atoms with Gasteiger partial charge in [-0.3, -0.25) is 0 Å². The lowest BCUT2D eigenvalue weighted by Gasteiger charge is -2.16. The van der Waals surface area contributed by atoms with E-state index in [2.05, 4.69) is 26.9 Å². The first-order chi connectivity index (χ1) is 11.7. The van der Waals surface area contributed by atoms with Crippen molar-refractivity contribution in [2.45, 2.75) is 26.3 Å². The molecule has 1 fully saturated rings. The van der Waals surface area contributed by atoms with Gasteiger partial charge < -0.3 is 20.9 Å². The van der Waals surface area contributed by atoms with Crippen LogP contribution in [0.1, 0.15) is 25.3 Å². The molecule has 3 N–H and O–H groups in total. The largest absolute Gasteiger partial charge is 0.357 e.